The minimum absolute atomic E-state index is 0.0816. The summed E-state index contributed by atoms with van der Waals surface area (Å²) in [5.41, 5.74) is 0.0432. The van der Waals surface area contributed by atoms with Gasteiger partial charge in [0.25, 0.3) is 0 Å². The van der Waals surface area contributed by atoms with Crippen LogP contribution in [0.5, 0.6) is 5.75 Å². The van der Waals surface area contributed by atoms with Gasteiger partial charge in [-0.05, 0) is 52.0 Å². The second-order valence-electron chi connectivity index (χ2n) is 6.00. The molecule has 136 valence electrons. The highest BCUT2D eigenvalue weighted by Crippen LogP contribution is 2.22. The number of carbonyl (C=O) groups is 1. The number of ether oxygens (including phenoxy) is 3. The van der Waals surface area contributed by atoms with Gasteiger partial charge in [0, 0.05) is 31.9 Å². The zero-order valence-corrected chi connectivity index (χ0v) is 15.6. The Morgan fingerprint density at radius 3 is 1.92 bits per heavy atom. The zero-order chi connectivity index (χ0) is 18.0. The molecular weight excluding hydrogens is 306 g/mol. The number of ketones is 1. The number of methoxy groups -OCH3 is 1. The third-order valence-corrected chi connectivity index (χ3v) is 4.12. The van der Waals surface area contributed by atoms with Gasteiger partial charge in [-0.3, -0.25) is 9.69 Å². The first-order chi connectivity index (χ1) is 11.5. The van der Waals surface area contributed by atoms with E-state index < -0.39 is 5.54 Å². The van der Waals surface area contributed by atoms with Gasteiger partial charge in [-0.15, -0.1) is 0 Å². The summed E-state index contributed by atoms with van der Waals surface area (Å²) in [6, 6.07) is 7.25. The van der Waals surface area contributed by atoms with Crippen molar-refractivity contribution < 1.29 is 19.0 Å². The van der Waals surface area contributed by atoms with Crippen LogP contribution in [0.15, 0.2) is 24.3 Å². The maximum Gasteiger partial charge on any atom is 0.182 e. The lowest BCUT2D eigenvalue weighted by atomic mass is 9.91. The number of benzene rings is 1. The Labute approximate surface area is 145 Å². The van der Waals surface area contributed by atoms with Crippen LogP contribution in [-0.2, 0) is 9.47 Å². The van der Waals surface area contributed by atoms with Crippen LogP contribution in [0.4, 0.5) is 0 Å². The standard InChI is InChI=1S/C19H31NO4/c1-6-23-14-12-20(13-15-24-7-2)19(3,4)18(21)16-8-10-17(22-5)11-9-16/h8-11H,6-7,12-15H2,1-5H3. The highest BCUT2D eigenvalue weighted by atomic mass is 16.5. The Bertz CT molecular complexity index is 475. The maximum absolute atomic E-state index is 13.0. The number of nitrogens with zero attached hydrogens (tertiary/aromatic N) is 1. The van der Waals surface area contributed by atoms with Crippen LogP contribution < -0.4 is 4.74 Å². The Morgan fingerprint density at radius 2 is 1.50 bits per heavy atom. The molecule has 0 saturated heterocycles. The molecule has 1 rings (SSSR count). The van der Waals surface area contributed by atoms with Gasteiger partial charge in [-0.25, -0.2) is 0 Å². The SMILES string of the molecule is CCOCCN(CCOCC)C(C)(C)C(=O)c1ccc(OC)cc1. The van der Waals surface area contributed by atoms with Crippen molar-refractivity contribution in [3.63, 3.8) is 0 Å². The van der Waals surface area contributed by atoms with E-state index in [4.69, 9.17) is 14.2 Å². The summed E-state index contributed by atoms with van der Waals surface area (Å²) in [5, 5.41) is 0. The number of carbonyl (C=O) groups excluding carboxylic acids is 1. The fourth-order valence-electron chi connectivity index (χ4n) is 2.55. The van der Waals surface area contributed by atoms with Crippen LogP contribution in [0.3, 0.4) is 0 Å². The van der Waals surface area contributed by atoms with E-state index in [-0.39, 0.29) is 5.78 Å². The van der Waals surface area contributed by atoms with Gasteiger partial charge in [-0.1, -0.05) is 0 Å². The number of rotatable bonds is 12. The van der Waals surface area contributed by atoms with E-state index in [0.29, 0.717) is 45.1 Å². The van der Waals surface area contributed by atoms with Gasteiger partial charge in [0.1, 0.15) is 5.75 Å². The monoisotopic (exact) mass is 337 g/mol. The first kappa shape index (κ1) is 20.6. The van der Waals surface area contributed by atoms with Gasteiger partial charge in [0.05, 0.1) is 25.9 Å². The van der Waals surface area contributed by atoms with E-state index in [2.05, 4.69) is 4.90 Å². The lowest BCUT2D eigenvalue weighted by Gasteiger charge is -2.37. The normalized spacial score (nSPS) is 11.8. The van der Waals surface area contributed by atoms with Crippen molar-refractivity contribution in [3.05, 3.63) is 29.8 Å². The largest absolute Gasteiger partial charge is 0.497 e. The first-order valence-electron chi connectivity index (χ1n) is 8.56. The van der Waals surface area contributed by atoms with Crippen molar-refractivity contribution in [1.82, 2.24) is 4.90 Å². The fraction of sp³-hybridized carbons (Fsp3) is 0.632. The third kappa shape index (κ3) is 5.89. The second kappa shape index (κ2) is 10.4. The van der Waals surface area contributed by atoms with E-state index in [1.54, 1.807) is 7.11 Å². The topological polar surface area (TPSA) is 48.0 Å². The van der Waals surface area contributed by atoms with E-state index in [0.717, 1.165) is 5.75 Å². The lowest BCUT2D eigenvalue weighted by molar-refractivity contribution is 0.0314. The molecule has 0 radical (unpaired) electrons. The molecule has 5 heteroatoms. The van der Waals surface area contributed by atoms with E-state index in [1.165, 1.54) is 0 Å². The van der Waals surface area contributed by atoms with Crippen molar-refractivity contribution in [2.75, 3.05) is 46.6 Å². The molecule has 0 saturated carbocycles. The Hall–Kier alpha value is -1.43. The lowest BCUT2D eigenvalue weighted by Crippen LogP contribution is -2.52. The molecule has 0 aromatic heterocycles. The van der Waals surface area contributed by atoms with Crippen molar-refractivity contribution in [2.45, 2.75) is 33.2 Å². The summed E-state index contributed by atoms with van der Waals surface area (Å²) in [7, 11) is 1.62. The first-order valence-corrected chi connectivity index (χ1v) is 8.56. The van der Waals surface area contributed by atoms with Crippen molar-refractivity contribution in [3.8, 4) is 5.75 Å². The summed E-state index contributed by atoms with van der Waals surface area (Å²) < 4.78 is 16.1. The van der Waals surface area contributed by atoms with Crippen molar-refractivity contribution in [1.29, 1.82) is 0 Å². The minimum atomic E-state index is -0.636. The molecule has 1 aromatic rings. The smallest absolute Gasteiger partial charge is 0.182 e. The molecule has 0 N–H and O–H groups in total. The molecule has 0 fully saturated rings. The van der Waals surface area contributed by atoms with Crippen LogP contribution in [0, 0.1) is 0 Å². The van der Waals surface area contributed by atoms with Gasteiger partial charge >= 0.3 is 0 Å². The molecule has 0 spiro atoms. The predicted molar refractivity (Wildman–Crippen MR) is 96.0 cm³/mol. The highest BCUT2D eigenvalue weighted by molar-refractivity contribution is 6.02. The molecule has 0 atom stereocenters. The molecule has 5 nitrogen and oxygen atoms in total. The highest BCUT2D eigenvalue weighted by Gasteiger charge is 2.34. The quantitative estimate of drug-likeness (QED) is 0.433. The molecule has 1 aromatic carbocycles. The summed E-state index contributed by atoms with van der Waals surface area (Å²) in [6.45, 7) is 11.8. The molecule has 0 aliphatic carbocycles. The van der Waals surface area contributed by atoms with Crippen LogP contribution >= 0.6 is 0 Å². The van der Waals surface area contributed by atoms with Crippen molar-refractivity contribution >= 4 is 5.78 Å². The predicted octanol–water partition coefficient (Wildman–Crippen LogP) is 3.03. The summed E-state index contributed by atoms with van der Waals surface area (Å²) in [4.78, 5) is 15.1. The Morgan fingerprint density at radius 1 is 1.00 bits per heavy atom. The number of Topliss-reactive ketones (excluding diaryl/α,β-unsaturated/α-hetero) is 1. The van der Waals surface area contributed by atoms with Crippen LogP contribution in [0.1, 0.15) is 38.1 Å². The van der Waals surface area contributed by atoms with Gasteiger partial charge in [0.15, 0.2) is 5.78 Å². The van der Waals surface area contributed by atoms with E-state index in [1.807, 2.05) is 52.0 Å². The number of hydrogen-bond donors (Lipinski definition) is 0. The molecule has 24 heavy (non-hydrogen) atoms. The average molecular weight is 337 g/mol. The van der Waals surface area contributed by atoms with Gasteiger partial charge < -0.3 is 14.2 Å². The van der Waals surface area contributed by atoms with Gasteiger partial charge in [0.2, 0.25) is 0 Å². The van der Waals surface area contributed by atoms with Crippen LogP contribution in [0.2, 0.25) is 0 Å². The van der Waals surface area contributed by atoms with E-state index in [9.17, 15) is 4.79 Å². The Kier molecular flexibility index (Phi) is 8.97. The second-order valence-corrected chi connectivity index (χ2v) is 6.00. The average Bonchev–Trinajstić information content (AvgIpc) is 2.60. The molecule has 0 amide bonds. The third-order valence-electron chi connectivity index (χ3n) is 4.12. The summed E-state index contributed by atoms with van der Waals surface area (Å²) in [5.74, 6) is 0.826. The Balaban J connectivity index is 2.86. The molecular formula is C19H31NO4. The fourth-order valence-corrected chi connectivity index (χ4v) is 2.55. The summed E-state index contributed by atoms with van der Waals surface area (Å²) in [6.07, 6.45) is 0. The molecule has 0 heterocycles. The van der Waals surface area contributed by atoms with Crippen molar-refractivity contribution in [2.24, 2.45) is 0 Å². The minimum Gasteiger partial charge on any atom is -0.497 e. The molecule has 0 aliphatic rings. The molecule has 0 bridgehead atoms. The van der Waals surface area contributed by atoms with E-state index >= 15 is 0 Å². The maximum atomic E-state index is 13.0. The van der Waals surface area contributed by atoms with Crippen LogP contribution in [0.25, 0.3) is 0 Å². The van der Waals surface area contributed by atoms with Crippen LogP contribution in [-0.4, -0.2) is 62.8 Å². The zero-order valence-electron chi connectivity index (χ0n) is 15.6. The molecule has 0 aliphatic heterocycles. The molecule has 0 unspecified atom stereocenters. The van der Waals surface area contributed by atoms with Gasteiger partial charge in [-0.2, -0.15) is 0 Å². The summed E-state index contributed by atoms with van der Waals surface area (Å²) >= 11 is 0. The number of hydrogen-bond acceptors (Lipinski definition) is 5.